The summed E-state index contributed by atoms with van der Waals surface area (Å²) < 4.78 is 24.0. The van der Waals surface area contributed by atoms with E-state index >= 15 is 0 Å². The van der Waals surface area contributed by atoms with Crippen LogP contribution in [0.4, 0.5) is 0 Å². The third-order valence-corrected chi connectivity index (χ3v) is 3.98. The summed E-state index contributed by atoms with van der Waals surface area (Å²) in [6.07, 6.45) is 9.85. The van der Waals surface area contributed by atoms with Gasteiger partial charge < -0.3 is 4.90 Å². The van der Waals surface area contributed by atoms with Crippen LogP contribution in [0.1, 0.15) is 38.5 Å². The Hall–Kier alpha value is -1.10. The Morgan fingerprint density at radius 3 is 2.85 bits per heavy atom. The third kappa shape index (κ3) is 6.89. The highest BCUT2D eigenvalue weighted by molar-refractivity contribution is 7.87. The molecule has 1 saturated heterocycles. The van der Waals surface area contributed by atoms with Crippen LogP contribution in [0.5, 0.6) is 0 Å². The number of hydrogen-bond acceptors (Lipinski definition) is 3. The number of nitrogens with two attached hydrogens (primary N) is 1. The van der Waals surface area contributed by atoms with Crippen molar-refractivity contribution in [1.82, 2.24) is 9.62 Å². The van der Waals surface area contributed by atoms with Gasteiger partial charge in [-0.25, -0.2) is 9.86 Å². The van der Waals surface area contributed by atoms with E-state index in [-0.39, 0.29) is 11.8 Å². The van der Waals surface area contributed by atoms with Crippen molar-refractivity contribution in [1.29, 1.82) is 0 Å². The summed E-state index contributed by atoms with van der Waals surface area (Å²) >= 11 is 0. The molecule has 3 N–H and O–H groups in total. The number of carbonyl (C=O) groups is 1. The maximum absolute atomic E-state index is 12.0. The first-order valence-electron chi connectivity index (χ1n) is 6.91. The molecule has 0 aromatic rings. The van der Waals surface area contributed by atoms with Gasteiger partial charge in [0.15, 0.2) is 0 Å². The van der Waals surface area contributed by atoms with Gasteiger partial charge in [0, 0.05) is 32.5 Å². The monoisotopic (exact) mass is 301 g/mol. The van der Waals surface area contributed by atoms with E-state index in [4.69, 9.17) is 11.6 Å². The molecule has 0 bridgehead atoms. The predicted octanol–water partition coefficient (Wildman–Crippen LogP) is 0.212. The number of nitrogens with one attached hydrogen (secondary N) is 1. The first-order chi connectivity index (χ1) is 9.42. The van der Waals surface area contributed by atoms with Crippen LogP contribution in [-0.2, 0) is 15.0 Å². The van der Waals surface area contributed by atoms with E-state index in [0.29, 0.717) is 25.9 Å². The smallest absolute Gasteiger partial charge is 0.274 e. The molecule has 1 heterocycles. The van der Waals surface area contributed by atoms with E-state index in [9.17, 15) is 13.2 Å². The highest BCUT2D eigenvalue weighted by atomic mass is 32.2. The molecule has 1 rings (SSSR count). The second-order valence-electron chi connectivity index (χ2n) is 5.15. The number of carbonyl (C=O) groups excluding carboxylic acids is 1. The number of hydrogen-bond donors (Lipinski definition) is 2. The lowest BCUT2D eigenvalue weighted by atomic mass is 9.98. The summed E-state index contributed by atoms with van der Waals surface area (Å²) in [7, 11) is -3.65. The zero-order valence-electron chi connectivity index (χ0n) is 11.7. The number of likely N-dealkylation sites (tertiary alicyclic amines) is 1. The molecule has 20 heavy (non-hydrogen) atoms. The highest BCUT2D eigenvalue weighted by Gasteiger charge is 2.23. The van der Waals surface area contributed by atoms with E-state index in [1.807, 2.05) is 4.90 Å². The molecule has 0 aliphatic carbocycles. The molecule has 0 aromatic heterocycles. The van der Waals surface area contributed by atoms with Crippen LogP contribution in [0.15, 0.2) is 0 Å². The normalized spacial score (nSPS) is 19.6. The van der Waals surface area contributed by atoms with Gasteiger partial charge in [0.1, 0.15) is 0 Å². The van der Waals surface area contributed by atoms with Crippen molar-refractivity contribution in [2.45, 2.75) is 38.5 Å². The molecule has 7 heteroatoms. The minimum Gasteiger partial charge on any atom is -0.342 e. The molecule has 0 radical (unpaired) electrons. The Kier molecular flexibility index (Phi) is 6.99. The largest absolute Gasteiger partial charge is 0.342 e. The minimum absolute atomic E-state index is 0.127. The summed E-state index contributed by atoms with van der Waals surface area (Å²) in [4.78, 5) is 13.8. The van der Waals surface area contributed by atoms with Crippen LogP contribution in [0.2, 0.25) is 0 Å². The molecule has 0 saturated carbocycles. The van der Waals surface area contributed by atoms with Crippen molar-refractivity contribution in [3.8, 4) is 12.3 Å². The molecule has 6 nitrogen and oxygen atoms in total. The van der Waals surface area contributed by atoms with Crippen molar-refractivity contribution in [2.75, 3.05) is 19.6 Å². The van der Waals surface area contributed by atoms with Crippen LogP contribution < -0.4 is 9.86 Å². The maximum Gasteiger partial charge on any atom is 0.274 e. The number of nitrogens with zero attached hydrogens (tertiary/aromatic N) is 1. The van der Waals surface area contributed by atoms with Gasteiger partial charge in [-0.05, 0) is 31.6 Å². The van der Waals surface area contributed by atoms with Crippen molar-refractivity contribution < 1.29 is 13.2 Å². The second-order valence-corrected chi connectivity index (χ2v) is 6.53. The van der Waals surface area contributed by atoms with E-state index in [1.165, 1.54) is 0 Å². The average molecular weight is 301 g/mol. The molecule has 1 aliphatic heterocycles. The van der Waals surface area contributed by atoms with Gasteiger partial charge >= 0.3 is 0 Å². The zero-order valence-corrected chi connectivity index (χ0v) is 12.5. The fraction of sp³-hybridized carbons (Fsp3) is 0.769. The van der Waals surface area contributed by atoms with Crippen molar-refractivity contribution in [3.05, 3.63) is 0 Å². The van der Waals surface area contributed by atoms with Crippen LogP contribution in [0.3, 0.4) is 0 Å². The Morgan fingerprint density at radius 2 is 2.20 bits per heavy atom. The van der Waals surface area contributed by atoms with Crippen LogP contribution in [0, 0.1) is 18.3 Å². The number of rotatable bonds is 7. The molecule has 1 aliphatic rings. The van der Waals surface area contributed by atoms with Crippen molar-refractivity contribution in [2.24, 2.45) is 11.1 Å². The van der Waals surface area contributed by atoms with Gasteiger partial charge in [-0.2, -0.15) is 8.42 Å². The Bertz CT molecular complexity index is 456. The topological polar surface area (TPSA) is 92.5 Å². The predicted molar refractivity (Wildman–Crippen MR) is 77.7 cm³/mol. The van der Waals surface area contributed by atoms with Crippen LogP contribution in [-0.4, -0.2) is 38.9 Å². The average Bonchev–Trinajstić information content (AvgIpc) is 2.41. The lowest BCUT2D eigenvalue weighted by molar-refractivity contribution is -0.133. The summed E-state index contributed by atoms with van der Waals surface area (Å²) in [6.45, 7) is 1.63. The second kappa shape index (κ2) is 8.25. The molecular weight excluding hydrogens is 278 g/mol. The van der Waals surface area contributed by atoms with Gasteiger partial charge in [-0.15, -0.1) is 12.3 Å². The van der Waals surface area contributed by atoms with Gasteiger partial charge in [-0.1, -0.05) is 0 Å². The van der Waals surface area contributed by atoms with Crippen molar-refractivity contribution in [3.63, 3.8) is 0 Å². The van der Waals surface area contributed by atoms with Crippen molar-refractivity contribution >= 4 is 16.1 Å². The molecule has 0 spiro atoms. The lowest BCUT2D eigenvalue weighted by Gasteiger charge is -2.32. The first kappa shape index (κ1) is 17.0. The minimum atomic E-state index is -3.65. The number of unbranched alkanes of at least 4 members (excludes halogenated alkanes) is 2. The van der Waals surface area contributed by atoms with Gasteiger partial charge in [0.2, 0.25) is 5.91 Å². The number of terminal acetylenes is 1. The Balaban J connectivity index is 2.32. The van der Waals surface area contributed by atoms with Gasteiger partial charge in [-0.3, -0.25) is 4.79 Å². The number of amides is 1. The molecular formula is C13H23N3O3S. The summed E-state index contributed by atoms with van der Waals surface area (Å²) in [6, 6.07) is 0. The number of piperidine rings is 1. The highest BCUT2D eigenvalue weighted by Crippen LogP contribution is 2.17. The molecule has 1 fully saturated rings. The molecule has 1 unspecified atom stereocenters. The summed E-state index contributed by atoms with van der Waals surface area (Å²) in [5.41, 5.74) is 0. The fourth-order valence-electron chi connectivity index (χ4n) is 2.35. The first-order valence-corrected chi connectivity index (χ1v) is 8.45. The maximum atomic E-state index is 12.0. The van der Waals surface area contributed by atoms with E-state index in [1.54, 1.807) is 0 Å². The van der Waals surface area contributed by atoms with Gasteiger partial charge in [0.05, 0.1) is 0 Å². The van der Waals surface area contributed by atoms with E-state index in [0.717, 1.165) is 32.2 Å². The van der Waals surface area contributed by atoms with Gasteiger partial charge in [0.25, 0.3) is 10.2 Å². The molecule has 1 amide bonds. The molecule has 1 atom stereocenters. The van der Waals surface area contributed by atoms with E-state index < -0.39 is 10.2 Å². The van der Waals surface area contributed by atoms with Crippen LogP contribution in [0.25, 0.3) is 0 Å². The summed E-state index contributed by atoms with van der Waals surface area (Å²) in [5.74, 6) is 2.82. The zero-order chi connectivity index (χ0) is 15.0. The standard InChI is InChI=1S/C13H23N3O3S/c1-2-3-4-5-8-13(17)16-9-6-7-12(11-16)10-15-20(14,18)19/h1,12,15H,3-11H2,(H2,14,18,19). The summed E-state index contributed by atoms with van der Waals surface area (Å²) in [5, 5.41) is 4.91. The molecule has 114 valence electrons. The fourth-order valence-corrected chi connectivity index (χ4v) is 2.82. The van der Waals surface area contributed by atoms with Crippen LogP contribution >= 0.6 is 0 Å². The van der Waals surface area contributed by atoms with E-state index in [2.05, 4.69) is 10.6 Å². The molecule has 0 aromatic carbocycles. The Morgan fingerprint density at radius 1 is 1.45 bits per heavy atom. The lowest BCUT2D eigenvalue weighted by Crippen LogP contribution is -2.44. The Labute approximate surface area is 121 Å². The third-order valence-electron chi connectivity index (χ3n) is 3.41. The SMILES string of the molecule is C#CCCCCC(=O)N1CCCC(CNS(N)(=O)=O)C1. The quantitative estimate of drug-likeness (QED) is 0.520.